The number of hydrogen-bond donors (Lipinski definition) is 0. The third-order valence-corrected chi connectivity index (χ3v) is 6.73. The smallest absolute Gasteiger partial charge is 0.264 e. The molecule has 0 aromatic carbocycles. The zero-order valence-electron chi connectivity index (χ0n) is 17.1. The van der Waals surface area contributed by atoms with E-state index in [1.165, 1.54) is 11.3 Å². The zero-order chi connectivity index (χ0) is 20.7. The molecule has 7 nitrogen and oxygen atoms in total. The number of fused-ring (bicyclic) bond motifs is 1. The van der Waals surface area contributed by atoms with E-state index in [0.717, 1.165) is 47.4 Å². The fourth-order valence-corrected chi connectivity index (χ4v) is 4.74. The van der Waals surface area contributed by atoms with Crippen LogP contribution in [0.3, 0.4) is 0 Å². The molecule has 0 N–H and O–H groups in total. The van der Waals surface area contributed by atoms with Gasteiger partial charge in [0.2, 0.25) is 0 Å². The van der Waals surface area contributed by atoms with Crippen LogP contribution in [0.5, 0.6) is 0 Å². The molecule has 8 heteroatoms. The fourth-order valence-electron chi connectivity index (χ4n) is 4.05. The summed E-state index contributed by atoms with van der Waals surface area (Å²) < 4.78 is 1.91. The van der Waals surface area contributed by atoms with Gasteiger partial charge in [0, 0.05) is 44.3 Å². The van der Waals surface area contributed by atoms with Gasteiger partial charge in [0.25, 0.3) is 11.8 Å². The van der Waals surface area contributed by atoms with Crippen molar-refractivity contribution in [3.05, 3.63) is 45.9 Å². The second-order valence-electron chi connectivity index (χ2n) is 8.04. The lowest BCUT2D eigenvalue weighted by atomic mass is 10.1. The molecule has 1 saturated carbocycles. The molecule has 0 atom stereocenters. The van der Waals surface area contributed by atoms with E-state index in [1.807, 2.05) is 38.1 Å². The lowest BCUT2D eigenvalue weighted by molar-refractivity contribution is 0.0539. The van der Waals surface area contributed by atoms with Gasteiger partial charge in [-0.25, -0.2) is 9.67 Å². The summed E-state index contributed by atoms with van der Waals surface area (Å²) in [5.74, 6) is 0.537. The number of carbonyl (C=O) groups is 2. The Bertz CT molecular complexity index is 1080. The lowest BCUT2D eigenvalue weighted by Crippen LogP contribution is -2.50. The molecule has 0 unspecified atom stereocenters. The molecule has 1 aliphatic heterocycles. The molecule has 0 radical (unpaired) electrons. The Hall–Kier alpha value is -2.74. The molecule has 0 bridgehead atoms. The summed E-state index contributed by atoms with van der Waals surface area (Å²) in [6, 6.07) is 5.72. The van der Waals surface area contributed by atoms with Crippen molar-refractivity contribution in [3.8, 4) is 0 Å². The minimum absolute atomic E-state index is 0.0172. The number of thiophene rings is 1. The van der Waals surface area contributed by atoms with Crippen LogP contribution in [0.4, 0.5) is 0 Å². The van der Waals surface area contributed by atoms with Crippen molar-refractivity contribution in [3.63, 3.8) is 0 Å². The topological polar surface area (TPSA) is 71.3 Å². The van der Waals surface area contributed by atoms with Crippen LogP contribution in [0.15, 0.2) is 29.8 Å². The van der Waals surface area contributed by atoms with Gasteiger partial charge in [0.15, 0.2) is 5.65 Å². The number of amides is 2. The molecule has 2 amide bonds. The van der Waals surface area contributed by atoms with E-state index in [1.54, 1.807) is 6.20 Å². The van der Waals surface area contributed by atoms with E-state index in [9.17, 15) is 9.59 Å². The highest BCUT2D eigenvalue weighted by Gasteiger charge is 2.31. The molecular formula is C22H25N5O2S. The summed E-state index contributed by atoms with van der Waals surface area (Å²) in [6.07, 6.45) is 5.02. The zero-order valence-corrected chi connectivity index (χ0v) is 17.9. The molecule has 2 aliphatic rings. The molecular weight excluding hydrogens is 398 g/mol. The summed E-state index contributed by atoms with van der Waals surface area (Å²) >= 11 is 1.46. The van der Waals surface area contributed by atoms with Crippen molar-refractivity contribution in [2.45, 2.75) is 38.6 Å². The largest absolute Gasteiger partial charge is 0.335 e. The van der Waals surface area contributed by atoms with Crippen molar-refractivity contribution in [2.24, 2.45) is 0 Å². The van der Waals surface area contributed by atoms with E-state index in [2.05, 4.69) is 12.0 Å². The first-order chi connectivity index (χ1) is 14.7. The molecule has 1 aliphatic carbocycles. The van der Waals surface area contributed by atoms with Crippen LogP contribution in [-0.4, -0.2) is 62.6 Å². The van der Waals surface area contributed by atoms with Crippen molar-refractivity contribution < 1.29 is 9.59 Å². The number of nitrogens with zero attached hydrogens (tertiary/aromatic N) is 5. The normalized spacial score (nSPS) is 17.0. The average molecular weight is 424 g/mol. The summed E-state index contributed by atoms with van der Waals surface area (Å²) in [7, 11) is 0. The number of aromatic nitrogens is 3. The SMILES string of the molecule is CCCn1ncc2c(C(=O)N3CCN(C(=O)c4cccs4)CC3)cc(C3CC3)nc21. The molecule has 5 rings (SSSR count). The Balaban J connectivity index is 1.38. The Morgan fingerprint density at radius 2 is 1.87 bits per heavy atom. The maximum absolute atomic E-state index is 13.4. The number of carbonyl (C=O) groups excluding carboxylic acids is 2. The first kappa shape index (κ1) is 19.2. The highest BCUT2D eigenvalue weighted by atomic mass is 32.1. The van der Waals surface area contributed by atoms with Crippen LogP contribution in [0, 0.1) is 0 Å². The molecule has 1 saturated heterocycles. The molecule has 3 aromatic heterocycles. The number of aryl methyl sites for hydroxylation is 1. The Kier molecular flexibility index (Phi) is 5.02. The van der Waals surface area contributed by atoms with Gasteiger partial charge in [0.1, 0.15) is 0 Å². The maximum atomic E-state index is 13.4. The highest BCUT2D eigenvalue weighted by Crippen LogP contribution is 2.40. The Morgan fingerprint density at radius 3 is 2.50 bits per heavy atom. The minimum Gasteiger partial charge on any atom is -0.335 e. The third-order valence-electron chi connectivity index (χ3n) is 5.88. The van der Waals surface area contributed by atoms with E-state index in [0.29, 0.717) is 37.7 Å². The van der Waals surface area contributed by atoms with Gasteiger partial charge in [-0.15, -0.1) is 11.3 Å². The number of rotatable bonds is 5. The number of pyridine rings is 1. The standard InChI is InChI=1S/C22H25N5O2S/c1-2-7-27-20-17(14-23-27)16(13-18(24-20)15-5-6-15)21(28)25-8-10-26(11-9-25)22(29)19-4-3-12-30-19/h3-4,12-15H,2,5-11H2,1H3. The van der Waals surface area contributed by atoms with E-state index in [4.69, 9.17) is 4.98 Å². The number of hydrogen-bond acceptors (Lipinski definition) is 5. The van der Waals surface area contributed by atoms with E-state index < -0.39 is 0 Å². The van der Waals surface area contributed by atoms with Crippen molar-refractivity contribution >= 4 is 34.2 Å². The summed E-state index contributed by atoms with van der Waals surface area (Å²) in [6.45, 7) is 5.11. The lowest BCUT2D eigenvalue weighted by Gasteiger charge is -2.34. The molecule has 4 heterocycles. The second kappa shape index (κ2) is 7.83. The molecule has 0 spiro atoms. The van der Waals surface area contributed by atoms with Crippen LogP contribution in [0.1, 0.15) is 57.8 Å². The molecule has 3 aromatic rings. The van der Waals surface area contributed by atoms with Gasteiger partial charge in [-0.1, -0.05) is 13.0 Å². The van der Waals surface area contributed by atoms with E-state index in [-0.39, 0.29) is 11.8 Å². The van der Waals surface area contributed by atoms with Gasteiger partial charge < -0.3 is 9.80 Å². The predicted molar refractivity (Wildman–Crippen MR) is 116 cm³/mol. The Labute approximate surface area is 179 Å². The highest BCUT2D eigenvalue weighted by molar-refractivity contribution is 7.12. The van der Waals surface area contributed by atoms with Crippen LogP contribution in [-0.2, 0) is 6.54 Å². The Morgan fingerprint density at radius 1 is 1.13 bits per heavy atom. The maximum Gasteiger partial charge on any atom is 0.264 e. The fraction of sp³-hybridized carbons (Fsp3) is 0.455. The van der Waals surface area contributed by atoms with Crippen molar-refractivity contribution in [2.75, 3.05) is 26.2 Å². The summed E-state index contributed by atoms with van der Waals surface area (Å²) in [4.78, 5) is 35.3. The van der Waals surface area contributed by atoms with Crippen LogP contribution >= 0.6 is 11.3 Å². The minimum atomic E-state index is 0.0172. The second-order valence-corrected chi connectivity index (χ2v) is 8.98. The van der Waals surface area contributed by atoms with Crippen molar-refractivity contribution in [1.29, 1.82) is 0 Å². The van der Waals surface area contributed by atoms with Crippen LogP contribution in [0.2, 0.25) is 0 Å². The van der Waals surface area contributed by atoms with Gasteiger partial charge in [-0.05, 0) is 36.8 Å². The quantitative estimate of drug-likeness (QED) is 0.631. The number of piperazine rings is 1. The van der Waals surface area contributed by atoms with Gasteiger partial charge in [-0.2, -0.15) is 5.10 Å². The monoisotopic (exact) mass is 423 g/mol. The van der Waals surface area contributed by atoms with Crippen molar-refractivity contribution in [1.82, 2.24) is 24.6 Å². The third kappa shape index (κ3) is 3.49. The molecule has 30 heavy (non-hydrogen) atoms. The molecule has 156 valence electrons. The predicted octanol–water partition coefficient (Wildman–Crippen LogP) is 3.38. The van der Waals surface area contributed by atoms with Gasteiger partial charge >= 0.3 is 0 Å². The summed E-state index contributed by atoms with van der Waals surface area (Å²) in [5, 5.41) is 7.23. The van der Waals surface area contributed by atoms with Gasteiger partial charge in [-0.3, -0.25) is 9.59 Å². The summed E-state index contributed by atoms with van der Waals surface area (Å²) in [5.41, 5.74) is 2.52. The first-order valence-electron chi connectivity index (χ1n) is 10.6. The van der Waals surface area contributed by atoms with Crippen LogP contribution < -0.4 is 0 Å². The average Bonchev–Trinajstić information content (AvgIpc) is 3.33. The van der Waals surface area contributed by atoms with Crippen LogP contribution in [0.25, 0.3) is 11.0 Å². The van der Waals surface area contributed by atoms with E-state index >= 15 is 0 Å². The first-order valence-corrected chi connectivity index (χ1v) is 11.5. The molecule has 2 fully saturated rings. The van der Waals surface area contributed by atoms with Gasteiger partial charge in [0.05, 0.1) is 22.0 Å².